The molecule has 2 heterocycles. The Labute approximate surface area is 96.2 Å². The fourth-order valence-corrected chi connectivity index (χ4v) is 1.81. The molecule has 1 saturated heterocycles. The van der Waals surface area contributed by atoms with Crippen LogP contribution in [0.25, 0.3) is 0 Å². The lowest BCUT2D eigenvalue weighted by Crippen LogP contribution is -2.33. The molecule has 2 rings (SSSR count). The van der Waals surface area contributed by atoms with E-state index in [0.717, 1.165) is 17.2 Å². The van der Waals surface area contributed by atoms with Crippen LogP contribution in [0.3, 0.4) is 0 Å². The summed E-state index contributed by atoms with van der Waals surface area (Å²) in [6.45, 7) is 2.05. The van der Waals surface area contributed by atoms with E-state index >= 15 is 0 Å². The van der Waals surface area contributed by atoms with Crippen LogP contribution in [0.15, 0.2) is 12.3 Å². The molecule has 0 N–H and O–H groups in total. The van der Waals surface area contributed by atoms with E-state index in [2.05, 4.69) is 4.98 Å². The molecule has 1 aromatic heterocycles. The highest BCUT2D eigenvalue weighted by Crippen LogP contribution is 2.20. The first-order valence-electron chi connectivity index (χ1n) is 5.15. The molecular formula is C11H10F2N2O2. The number of halogens is 2. The van der Waals surface area contributed by atoms with Gasteiger partial charge in [0.05, 0.1) is 5.56 Å². The van der Waals surface area contributed by atoms with Crippen LogP contribution in [0.2, 0.25) is 0 Å². The molecule has 1 aliphatic heterocycles. The third-order valence-electron chi connectivity index (χ3n) is 2.64. The minimum absolute atomic E-state index is 0.0428. The highest BCUT2D eigenvalue weighted by molar-refractivity contribution is 6.05. The van der Waals surface area contributed by atoms with Crippen LogP contribution in [0.5, 0.6) is 0 Å². The Hall–Kier alpha value is -1.85. The predicted octanol–water partition coefficient (Wildman–Crippen LogP) is 1.37. The summed E-state index contributed by atoms with van der Waals surface area (Å²) in [5.74, 6) is -3.78. The van der Waals surface area contributed by atoms with Gasteiger partial charge in [-0.25, -0.2) is 9.37 Å². The van der Waals surface area contributed by atoms with E-state index in [1.54, 1.807) is 0 Å². The number of nitrogens with zero attached hydrogens (tertiary/aromatic N) is 2. The van der Waals surface area contributed by atoms with Crippen LogP contribution in [-0.4, -0.2) is 28.2 Å². The van der Waals surface area contributed by atoms with Gasteiger partial charge < -0.3 is 0 Å². The zero-order valence-electron chi connectivity index (χ0n) is 9.11. The van der Waals surface area contributed by atoms with Crippen LogP contribution in [-0.2, 0) is 4.79 Å². The molecule has 1 aromatic rings. The molecule has 17 heavy (non-hydrogen) atoms. The quantitative estimate of drug-likeness (QED) is 0.550. The van der Waals surface area contributed by atoms with Gasteiger partial charge in [0.25, 0.3) is 5.91 Å². The van der Waals surface area contributed by atoms with E-state index in [4.69, 9.17) is 0 Å². The summed E-state index contributed by atoms with van der Waals surface area (Å²) in [7, 11) is 0. The first kappa shape index (κ1) is 11.6. The number of aromatic nitrogens is 1. The number of likely N-dealkylation sites (tertiary alicyclic amines) is 1. The maximum Gasteiger partial charge on any atom is 0.263 e. The molecule has 0 saturated carbocycles. The van der Waals surface area contributed by atoms with Crippen LogP contribution >= 0.6 is 0 Å². The van der Waals surface area contributed by atoms with Crippen molar-refractivity contribution in [2.24, 2.45) is 5.92 Å². The molecule has 0 spiro atoms. The van der Waals surface area contributed by atoms with Gasteiger partial charge in [-0.1, -0.05) is 6.92 Å². The number of imide groups is 1. The Balaban J connectivity index is 2.32. The molecule has 1 aliphatic rings. The monoisotopic (exact) mass is 240 g/mol. The summed E-state index contributed by atoms with van der Waals surface area (Å²) in [5, 5.41) is 0. The van der Waals surface area contributed by atoms with Crippen molar-refractivity contribution < 1.29 is 18.4 Å². The van der Waals surface area contributed by atoms with E-state index < -0.39 is 23.2 Å². The fraction of sp³-hybridized carbons (Fsp3) is 0.364. The standard InChI is InChI=1S/C11H10F2N2O2/c1-6-4-8(16)15(5-6)11(17)7-2-3-14-10(13)9(7)12/h2-3,6H,4-5H2,1H3. The summed E-state index contributed by atoms with van der Waals surface area (Å²) in [5.41, 5.74) is -0.458. The lowest BCUT2D eigenvalue weighted by Gasteiger charge is -2.14. The van der Waals surface area contributed by atoms with Gasteiger partial charge in [0.15, 0.2) is 5.82 Å². The van der Waals surface area contributed by atoms with Crippen molar-refractivity contribution >= 4 is 11.8 Å². The van der Waals surface area contributed by atoms with Gasteiger partial charge in [0, 0.05) is 19.2 Å². The summed E-state index contributed by atoms with van der Waals surface area (Å²) >= 11 is 0. The number of carbonyl (C=O) groups is 2. The second-order valence-corrected chi connectivity index (χ2v) is 4.08. The summed E-state index contributed by atoms with van der Waals surface area (Å²) in [6, 6.07) is 1.07. The van der Waals surface area contributed by atoms with Gasteiger partial charge in [-0.3, -0.25) is 14.5 Å². The highest BCUT2D eigenvalue weighted by atomic mass is 19.2. The molecule has 1 unspecified atom stereocenters. The summed E-state index contributed by atoms with van der Waals surface area (Å²) in [6.07, 6.45) is 1.25. The van der Waals surface area contributed by atoms with E-state index in [1.165, 1.54) is 0 Å². The molecule has 6 heteroatoms. The summed E-state index contributed by atoms with van der Waals surface area (Å²) < 4.78 is 26.2. The topological polar surface area (TPSA) is 50.3 Å². The van der Waals surface area contributed by atoms with Crippen molar-refractivity contribution in [1.29, 1.82) is 0 Å². The third-order valence-corrected chi connectivity index (χ3v) is 2.64. The normalized spacial score (nSPS) is 19.8. The first-order valence-corrected chi connectivity index (χ1v) is 5.15. The lowest BCUT2D eigenvalue weighted by molar-refractivity contribution is -0.125. The minimum atomic E-state index is -1.34. The van der Waals surface area contributed by atoms with Crippen LogP contribution in [0.1, 0.15) is 23.7 Å². The average Bonchev–Trinajstić information content (AvgIpc) is 2.61. The fourth-order valence-electron chi connectivity index (χ4n) is 1.81. The van der Waals surface area contributed by atoms with Gasteiger partial charge >= 0.3 is 0 Å². The van der Waals surface area contributed by atoms with Gasteiger partial charge in [-0.15, -0.1) is 0 Å². The van der Waals surface area contributed by atoms with Crippen molar-refractivity contribution in [2.75, 3.05) is 6.54 Å². The largest absolute Gasteiger partial charge is 0.278 e. The van der Waals surface area contributed by atoms with E-state index in [9.17, 15) is 18.4 Å². The minimum Gasteiger partial charge on any atom is -0.278 e. The van der Waals surface area contributed by atoms with Crippen LogP contribution in [0.4, 0.5) is 8.78 Å². The molecule has 0 aliphatic carbocycles. The molecule has 90 valence electrons. The van der Waals surface area contributed by atoms with Crippen molar-refractivity contribution in [3.63, 3.8) is 0 Å². The maximum atomic E-state index is 13.3. The van der Waals surface area contributed by atoms with Crippen LogP contribution in [0, 0.1) is 17.7 Å². The Bertz CT molecular complexity index is 490. The molecule has 1 fully saturated rings. The zero-order chi connectivity index (χ0) is 12.6. The predicted molar refractivity (Wildman–Crippen MR) is 54.0 cm³/mol. The molecule has 1 atom stereocenters. The zero-order valence-corrected chi connectivity index (χ0v) is 9.11. The van der Waals surface area contributed by atoms with E-state index in [0.29, 0.717) is 0 Å². The highest BCUT2D eigenvalue weighted by Gasteiger charge is 2.33. The molecule has 0 radical (unpaired) electrons. The Morgan fingerprint density at radius 3 is 2.82 bits per heavy atom. The second-order valence-electron chi connectivity index (χ2n) is 4.08. The van der Waals surface area contributed by atoms with Crippen LogP contribution < -0.4 is 0 Å². The van der Waals surface area contributed by atoms with Gasteiger partial charge in [-0.2, -0.15) is 4.39 Å². The average molecular weight is 240 g/mol. The van der Waals surface area contributed by atoms with Gasteiger partial charge in [-0.05, 0) is 12.0 Å². The third kappa shape index (κ3) is 2.02. The van der Waals surface area contributed by atoms with Gasteiger partial charge in [0.2, 0.25) is 11.9 Å². The molecule has 4 nitrogen and oxygen atoms in total. The summed E-state index contributed by atoms with van der Waals surface area (Å²) in [4.78, 5) is 27.3. The van der Waals surface area contributed by atoms with Crippen molar-refractivity contribution in [3.8, 4) is 0 Å². The molecule has 2 amide bonds. The Kier molecular flexibility index (Phi) is 2.87. The van der Waals surface area contributed by atoms with E-state index in [1.807, 2.05) is 6.92 Å². The number of hydrogen-bond donors (Lipinski definition) is 0. The Morgan fingerprint density at radius 1 is 1.53 bits per heavy atom. The number of pyridine rings is 1. The van der Waals surface area contributed by atoms with Gasteiger partial charge in [0.1, 0.15) is 0 Å². The number of rotatable bonds is 1. The molecule has 0 aromatic carbocycles. The smallest absolute Gasteiger partial charge is 0.263 e. The second kappa shape index (κ2) is 4.20. The number of hydrogen-bond acceptors (Lipinski definition) is 3. The Morgan fingerprint density at radius 2 is 2.24 bits per heavy atom. The molecule has 0 bridgehead atoms. The van der Waals surface area contributed by atoms with Crippen molar-refractivity contribution in [3.05, 3.63) is 29.6 Å². The van der Waals surface area contributed by atoms with Crippen molar-refractivity contribution in [1.82, 2.24) is 9.88 Å². The van der Waals surface area contributed by atoms with Crippen molar-refractivity contribution in [2.45, 2.75) is 13.3 Å². The SMILES string of the molecule is CC1CC(=O)N(C(=O)c2ccnc(F)c2F)C1. The maximum absolute atomic E-state index is 13.3. The van der Waals surface area contributed by atoms with E-state index in [-0.39, 0.29) is 24.8 Å². The molecular weight excluding hydrogens is 230 g/mol. The number of amides is 2. The first-order chi connectivity index (χ1) is 8.00. The number of carbonyl (C=O) groups excluding carboxylic acids is 2. The lowest BCUT2D eigenvalue weighted by atomic mass is 10.2.